The fourth-order valence-electron chi connectivity index (χ4n) is 4.72. The molecule has 2 aromatic carbocycles. The van der Waals surface area contributed by atoms with Gasteiger partial charge in [-0.15, -0.1) is 0 Å². The van der Waals surface area contributed by atoms with Gasteiger partial charge in [-0.25, -0.2) is 4.39 Å². The first-order valence-electron chi connectivity index (χ1n) is 10.3. The van der Waals surface area contributed by atoms with Crippen LogP contribution in [0.3, 0.4) is 0 Å². The highest BCUT2D eigenvalue weighted by molar-refractivity contribution is 5.37. The summed E-state index contributed by atoms with van der Waals surface area (Å²) in [4.78, 5) is 2.49. The Bertz CT molecular complexity index is 922. The first kappa shape index (κ1) is 20.1. The predicted octanol–water partition coefficient (Wildman–Crippen LogP) is 3.96. The highest BCUT2D eigenvalue weighted by Crippen LogP contribution is 2.46. The maximum Gasteiger partial charge on any atom is 0.123 e. The van der Waals surface area contributed by atoms with Gasteiger partial charge in [-0.2, -0.15) is 0 Å². The van der Waals surface area contributed by atoms with Gasteiger partial charge in [-0.1, -0.05) is 36.1 Å². The van der Waals surface area contributed by atoms with Gasteiger partial charge in [0.1, 0.15) is 11.4 Å². The van der Waals surface area contributed by atoms with Crippen LogP contribution < -0.4 is 0 Å². The van der Waals surface area contributed by atoms with E-state index < -0.39 is 11.2 Å². The van der Waals surface area contributed by atoms with Crippen LogP contribution in [0.1, 0.15) is 56.2 Å². The van der Waals surface area contributed by atoms with Crippen molar-refractivity contribution in [3.8, 4) is 11.8 Å². The molecule has 0 radical (unpaired) electrons. The van der Waals surface area contributed by atoms with Crippen LogP contribution in [0.5, 0.6) is 0 Å². The van der Waals surface area contributed by atoms with E-state index in [-0.39, 0.29) is 5.82 Å². The van der Waals surface area contributed by atoms with Gasteiger partial charge in [-0.05, 0) is 74.9 Å². The van der Waals surface area contributed by atoms with Crippen molar-refractivity contribution in [3.63, 3.8) is 0 Å². The molecule has 0 aliphatic carbocycles. The zero-order chi connectivity index (χ0) is 20.6. The quantitative estimate of drug-likeness (QED) is 0.776. The van der Waals surface area contributed by atoms with Gasteiger partial charge in [0, 0.05) is 24.2 Å². The Kier molecular flexibility index (Phi) is 5.25. The van der Waals surface area contributed by atoms with E-state index in [0.717, 1.165) is 24.9 Å². The van der Waals surface area contributed by atoms with Crippen molar-refractivity contribution in [2.75, 3.05) is 0 Å². The molecule has 2 saturated heterocycles. The lowest BCUT2D eigenvalue weighted by atomic mass is 9.80. The molecule has 2 N–H and O–H groups in total. The van der Waals surface area contributed by atoms with Crippen molar-refractivity contribution in [1.29, 1.82) is 0 Å². The number of nitrogens with zero attached hydrogens (tertiary/aromatic N) is 1. The van der Waals surface area contributed by atoms with E-state index in [1.807, 2.05) is 18.2 Å². The maximum atomic E-state index is 13.7. The lowest BCUT2D eigenvalue weighted by Gasteiger charge is -2.44. The lowest BCUT2D eigenvalue weighted by Crippen LogP contribution is -2.49. The molecule has 2 fully saturated rings. The Morgan fingerprint density at radius 1 is 1.10 bits per heavy atom. The van der Waals surface area contributed by atoms with E-state index in [9.17, 15) is 14.6 Å². The van der Waals surface area contributed by atoms with Crippen molar-refractivity contribution in [1.82, 2.24) is 4.90 Å². The van der Waals surface area contributed by atoms with Gasteiger partial charge in [0.05, 0.1) is 5.60 Å². The fraction of sp³-hybridized carbons (Fsp3) is 0.440. The number of piperidine rings is 1. The summed E-state index contributed by atoms with van der Waals surface area (Å²) in [7, 11) is 0. The zero-order valence-electron chi connectivity index (χ0n) is 17.0. The van der Waals surface area contributed by atoms with E-state index in [1.165, 1.54) is 17.7 Å². The monoisotopic (exact) mass is 393 g/mol. The number of benzene rings is 2. The van der Waals surface area contributed by atoms with Gasteiger partial charge in [0.15, 0.2) is 0 Å². The third-order valence-corrected chi connectivity index (χ3v) is 6.11. The number of hydrogen-bond donors (Lipinski definition) is 2. The minimum atomic E-state index is -0.996. The van der Waals surface area contributed by atoms with Gasteiger partial charge >= 0.3 is 0 Å². The predicted molar refractivity (Wildman–Crippen MR) is 112 cm³/mol. The molecule has 2 aliphatic rings. The molecule has 2 aromatic rings. The average Bonchev–Trinajstić information content (AvgIpc) is 2.91. The van der Waals surface area contributed by atoms with Crippen molar-refractivity contribution in [3.05, 3.63) is 71.0 Å². The van der Waals surface area contributed by atoms with E-state index >= 15 is 0 Å². The maximum absolute atomic E-state index is 13.7. The van der Waals surface area contributed by atoms with E-state index in [2.05, 4.69) is 28.9 Å². The van der Waals surface area contributed by atoms with Crippen LogP contribution in [0.25, 0.3) is 0 Å². The second-order valence-electron chi connectivity index (χ2n) is 9.01. The third-order valence-electron chi connectivity index (χ3n) is 6.11. The number of aliphatic hydroxyl groups is 2. The molecule has 2 aliphatic heterocycles. The van der Waals surface area contributed by atoms with Crippen LogP contribution in [0.4, 0.5) is 4.39 Å². The summed E-state index contributed by atoms with van der Waals surface area (Å²) in [6.07, 6.45) is 3.42. The van der Waals surface area contributed by atoms with Crippen molar-refractivity contribution in [2.45, 2.75) is 69.4 Å². The van der Waals surface area contributed by atoms with E-state index in [0.29, 0.717) is 30.5 Å². The lowest BCUT2D eigenvalue weighted by molar-refractivity contribution is -0.0596. The first-order valence-corrected chi connectivity index (χ1v) is 10.3. The smallest absolute Gasteiger partial charge is 0.123 e. The van der Waals surface area contributed by atoms with E-state index in [4.69, 9.17) is 0 Å². The largest absolute Gasteiger partial charge is 0.385 e. The average molecular weight is 394 g/mol. The number of halogens is 1. The SMILES string of the molecule is CC(C)(O)C#Cc1ccc(CN2C3CCC2CC(O)(c2cccc(F)c2)C3)cc1. The summed E-state index contributed by atoms with van der Waals surface area (Å²) < 4.78 is 13.7. The second-order valence-corrected chi connectivity index (χ2v) is 9.01. The number of fused-ring (bicyclic) bond motifs is 2. The summed E-state index contributed by atoms with van der Waals surface area (Å²) in [5.74, 6) is 5.54. The molecular formula is C25H28FNO2. The molecule has 4 rings (SSSR count). The molecule has 0 saturated carbocycles. The van der Waals surface area contributed by atoms with Crippen LogP contribution in [0.2, 0.25) is 0 Å². The van der Waals surface area contributed by atoms with Gasteiger partial charge < -0.3 is 10.2 Å². The molecule has 3 nitrogen and oxygen atoms in total. The van der Waals surface area contributed by atoms with Crippen LogP contribution in [-0.4, -0.2) is 32.8 Å². The molecule has 2 unspecified atom stereocenters. The molecular weight excluding hydrogens is 365 g/mol. The highest BCUT2D eigenvalue weighted by Gasteiger charge is 2.48. The highest BCUT2D eigenvalue weighted by atomic mass is 19.1. The first-order chi connectivity index (χ1) is 13.7. The Labute approximate surface area is 172 Å². The van der Waals surface area contributed by atoms with Crippen LogP contribution >= 0.6 is 0 Å². The molecule has 4 heteroatoms. The van der Waals surface area contributed by atoms with Crippen LogP contribution in [0, 0.1) is 17.7 Å². The third kappa shape index (κ3) is 4.53. The minimum Gasteiger partial charge on any atom is -0.385 e. The van der Waals surface area contributed by atoms with Gasteiger partial charge in [0.2, 0.25) is 0 Å². The van der Waals surface area contributed by atoms with Crippen molar-refractivity contribution < 1.29 is 14.6 Å². The number of hydrogen-bond acceptors (Lipinski definition) is 3. The molecule has 2 bridgehead atoms. The Morgan fingerprint density at radius 2 is 1.76 bits per heavy atom. The molecule has 0 amide bonds. The van der Waals surface area contributed by atoms with Gasteiger partial charge in [-0.3, -0.25) is 4.90 Å². The Morgan fingerprint density at radius 3 is 2.34 bits per heavy atom. The number of rotatable bonds is 3. The summed E-state index contributed by atoms with van der Waals surface area (Å²) in [6.45, 7) is 4.19. The molecule has 152 valence electrons. The Balaban J connectivity index is 1.46. The molecule has 2 atom stereocenters. The van der Waals surface area contributed by atoms with E-state index in [1.54, 1.807) is 19.9 Å². The molecule has 0 aromatic heterocycles. The van der Waals surface area contributed by atoms with Gasteiger partial charge in [0.25, 0.3) is 0 Å². The van der Waals surface area contributed by atoms with Crippen molar-refractivity contribution in [2.24, 2.45) is 0 Å². The second kappa shape index (κ2) is 7.57. The zero-order valence-corrected chi connectivity index (χ0v) is 17.0. The molecule has 2 heterocycles. The Hall–Kier alpha value is -2.19. The normalized spacial score (nSPS) is 26.8. The minimum absolute atomic E-state index is 0.293. The van der Waals surface area contributed by atoms with Crippen LogP contribution in [0.15, 0.2) is 48.5 Å². The molecule has 29 heavy (non-hydrogen) atoms. The summed E-state index contributed by atoms with van der Waals surface area (Å²) >= 11 is 0. The standard InChI is InChI=1S/C25H28FNO2/c1-24(2,28)13-12-18-6-8-19(9-7-18)17-27-22-10-11-23(27)16-25(29,15-22)20-4-3-5-21(26)14-20/h3-9,14,22-23,28-29H,10-11,15-17H2,1-2H3. The summed E-state index contributed by atoms with van der Waals surface area (Å²) in [6, 6.07) is 15.2. The summed E-state index contributed by atoms with van der Waals surface area (Å²) in [5, 5.41) is 21.0. The molecule has 0 spiro atoms. The van der Waals surface area contributed by atoms with Crippen LogP contribution in [-0.2, 0) is 12.1 Å². The summed E-state index contributed by atoms with van der Waals surface area (Å²) in [5.41, 5.74) is 0.860. The topological polar surface area (TPSA) is 43.7 Å². The van der Waals surface area contributed by atoms with Crippen molar-refractivity contribution >= 4 is 0 Å². The fourth-order valence-corrected chi connectivity index (χ4v) is 4.72.